The number of fused-ring (bicyclic) bond motifs is 1. The van der Waals surface area contributed by atoms with E-state index in [2.05, 4.69) is 10.3 Å². The van der Waals surface area contributed by atoms with Gasteiger partial charge < -0.3 is 9.63 Å². The lowest BCUT2D eigenvalue weighted by molar-refractivity contribution is 0.0689. The average Bonchev–Trinajstić information content (AvgIpc) is 2.70. The maximum Gasteiger partial charge on any atom is 0.357 e. The van der Waals surface area contributed by atoms with Gasteiger partial charge in [0.05, 0.1) is 5.39 Å². The lowest BCUT2D eigenvalue weighted by Gasteiger charge is -2.18. The normalized spacial score (nSPS) is 12.0. The minimum atomic E-state index is -1.20. The monoisotopic (exact) mass is 279 g/mol. The predicted octanol–water partition coefficient (Wildman–Crippen LogP) is 1.83. The van der Waals surface area contributed by atoms with E-state index in [9.17, 15) is 14.7 Å². The van der Waals surface area contributed by atoms with E-state index < -0.39 is 11.5 Å². The van der Waals surface area contributed by atoms with Crippen molar-refractivity contribution >= 4 is 16.9 Å². The van der Waals surface area contributed by atoms with Gasteiger partial charge in [-0.15, -0.1) is 0 Å². The molecule has 0 aliphatic rings. The fraction of sp³-hybridized carbons (Fsp3) is 0.538. The zero-order valence-corrected chi connectivity index (χ0v) is 11.9. The predicted molar refractivity (Wildman–Crippen MR) is 71.8 cm³/mol. The first-order valence-corrected chi connectivity index (χ1v) is 6.31. The second kappa shape index (κ2) is 4.73. The highest BCUT2D eigenvalue weighted by atomic mass is 16.5. The van der Waals surface area contributed by atoms with E-state index in [4.69, 9.17) is 4.52 Å². The van der Waals surface area contributed by atoms with E-state index in [1.54, 1.807) is 6.92 Å². The number of aromatic nitrogens is 3. The van der Waals surface area contributed by atoms with Crippen molar-refractivity contribution in [2.24, 2.45) is 5.41 Å². The molecule has 0 aromatic carbocycles. The first-order chi connectivity index (χ1) is 9.20. The number of hydrogen-bond acceptors (Lipinski definition) is 5. The summed E-state index contributed by atoms with van der Waals surface area (Å²) in [6.45, 7) is 8.01. The van der Waals surface area contributed by atoms with Gasteiger partial charge in [0, 0.05) is 6.54 Å². The van der Waals surface area contributed by atoms with Gasteiger partial charge in [-0.25, -0.2) is 9.48 Å². The molecule has 0 aliphatic carbocycles. The second-order valence-corrected chi connectivity index (χ2v) is 5.96. The molecule has 0 spiro atoms. The standard InChI is InChI=1S/C13H17N3O4/c1-7-8-9(15-20-7)11(17)16(6-5-13(2,3)4)14-10(8)12(18)19/h5-6H2,1-4H3,(H,18,19). The molecule has 0 radical (unpaired) electrons. The smallest absolute Gasteiger partial charge is 0.357 e. The quantitative estimate of drug-likeness (QED) is 0.920. The van der Waals surface area contributed by atoms with Crippen LogP contribution in [0.2, 0.25) is 0 Å². The Kier molecular flexibility index (Phi) is 3.37. The van der Waals surface area contributed by atoms with Crippen molar-refractivity contribution in [3.05, 3.63) is 21.8 Å². The molecule has 2 aromatic heterocycles. The van der Waals surface area contributed by atoms with Crippen LogP contribution >= 0.6 is 0 Å². The largest absolute Gasteiger partial charge is 0.476 e. The minimum absolute atomic E-state index is 0.0131. The summed E-state index contributed by atoms with van der Waals surface area (Å²) in [5.41, 5.74) is -0.596. The molecule has 0 saturated heterocycles. The van der Waals surface area contributed by atoms with Crippen LogP contribution in [0.25, 0.3) is 10.9 Å². The van der Waals surface area contributed by atoms with Crippen molar-refractivity contribution in [3.63, 3.8) is 0 Å². The molecule has 0 unspecified atom stereocenters. The summed E-state index contributed by atoms with van der Waals surface area (Å²) in [5.74, 6) is -0.921. The van der Waals surface area contributed by atoms with Gasteiger partial charge in [-0.1, -0.05) is 25.9 Å². The fourth-order valence-electron chi connectivity index (χ4n) is 1.88. The molecule has 0 saturated carbocycles. The average molecular weight is 279 g/mol. The van der Waals surface area contributed by atoms with Gasteiger partial charge in [-0.2, -0.15) is 5.10 Å². The third kappa shape index (κ3) is 2.56. The SMILES string of the molecule is Cc1onc2c(=O)n(CCC(C)(C)C)nc(C(=O)O)c12. The number of rotatable bonds is 3. The van der Waals surface area contributed by atoms with E-state index in [0.29, 0.717) is 13.0 Å². The molecule has 0 aliphatic heterocycles. The third-order valence-electron chi connectivity index (χ3n) is 3.03. The third-order valence-corrected chi connectivity index (χ3v) is 3.03. The van der Waals surface area contributed by atoms with Crippen LogP contribution in [0.1, 0.15) is 43.4 Å². The van der Waals surface area contributed by atoms with Crippen LogP contribution in [0.4, 0.5) is 0 Å². The summed E-state index contributed by atoms with van der Waals surface area (Å²) >= 11 is 0. The van der Waals surface area contributed by atoms with Gasteiger partial charge in [-0.05, 0) is 18.8 Å². The Bertz CT molecular complexity index is 722. The van der Waals surface area contributed by atoms with Gasteiger partial charge in [0.1, 0.15) is 5.76 Å². The first kappa shape index (κ1) is 14.2. The number of carbonyl (C=O) groups is 1. The molecule has 2 aromatic rings. The molecule has 0 amide bonds. The van der Waals surface area contributed by atoms with E-state index in [1.807, 2.05) is 20.8 Å². The highest BCUT2D eigenvalue weighted by Gasteiger charge is 2.22. The molecule has 2 rings (SSSR count). The summed E-state index contributed by atoms with van der Waals surface area (Å²) in [6.07, 6.45) is 0.696. The second-order valence-electron chi connectivity index (χ2n) is 5.96. The molecular weight excluding hydrogens is 262 g/mol. The highest BCUT2D eigenvalue weighted by molar-refractivity contribution is 6.00. The van der Waals surface area contributed by atoms with Crippen LogP contribution < -0.4 is 5.56 Å². The Morgan fingerprint density at radius 1 is 1.40 bits per heavy atom. The number of carboxylic acid groups (broad SMARTS) is 1. The first-order valence-electron chi connectivity index (χ1n) is 6.31. The number of nitrogens with zero attached hydrogens (tertiary/aromatic N) is 3. The zero-order valence-electron chi connectivity index (χ0n) is 11.9. The van der Waals surface area contributed by atoms with Crippen LogP contribution in [0, 0.1) is 12.3 Å². The van der Waals surface area contributed by atoms with Crippen LogP contribution in [0.5, 0.6) is 0 Å². The van der Waals surface area contributed by atoms with Crippen molar-refractivity contribution in [1.82, 2.24) is 14.9 Å². The molecule has 20 heavy (non-hydrogen) atoms. The van der Waals surface area contributed by atoms with E-state index in [1.165, 1.54) is 0 Å². The summed E-state index contributed by atoms with van der Waals surface area (Å²) in [5, 5.41) is 17.0. The van der Waals surface area contributed by atoms with Crippen molar-refractivity contribution in [2.75, 3.05) is 0 Å². The van der Waals surface area contributed by atoms with E-state index in [-0.39, 0.29) is 27.8 Å². The number of aryl methyl sites for hydroxylation is 2. The number of aromatic carboxylic acids is 1. The Morgan fingerprint density at radius 3 is 2.60 bits per heavy atom. The van der Waals surface area contributed by atoms with Crippen molar-refractivity contribution in [2.45, 2.75) is 40.7 Å². The van der Waals surface area contributed by atoms with Crippen LogP contribution in [-0.4, -0.2) is 26.0 Å². The molecular formula is C13H17N3O4. The molecule has 7 nitrogen and oxygen atoms in total. The molecule has 7 heteroatoms. The van der Waals surface area contributed by atoms with Gasteiger partial charge in [0.25, 0.3) is 5.56 Å². The lowest BCUT2D eigenvalue weighted by atomic mass is 9.92. The van der Waals surface area contributed by atoms with Crippen molar-refractivity contribution < 1.29 is 14.4 Å². The summed E-state index contributed by atoms with van der Waals surface area (Å²) in [6, 6.07) is 0. The Hall–Kier alpha value is -2.18. The summed E-state index contributed by atoms with van der Waals surface area (Å²) in [4.78, 5) is 23.5. The Balaban J connectivity index is 2.60. The summed E-state index contributed by atoms with van der Waals surface area (Å²) < 4.78 is 6.07. The Labute approximate surface area is 115 Å². The van der Waals surface area contributed by atoms with Gasteiger partial charge in [0.2, 0.25) is 0 Å². The Morgan fingerprint density at radius 2 is 2.05 bits per heavy atom. The van der Waals surface area contributed by atoms with Gasteiger partial charge in [-0.3, -0.25) is 4.79 Å². The van der Waals surface area contributed by atoms with Crippen molar-refractivity contribution in [3.8, 4) is 0 Å². The molecule has 1 N–H and O–H groups in total. The van der Waals surface area contributed by atoms with Gasteiger partial charge >= 0.3 is 5.97 Å². The molecule has 0 fully saturated rings. The van der Waals surface area contributed by atoms with E-state index in [0.717, 1.165) is 4.68 Å². The van der Waals surface area contributed by atoms with Crippen LogP contribution in [0.15, 0.2) is 9.32 Å². The lowest BCUT2D eigenvalue weighted by Crippen LogP contribution is -2.27. The van der Waals surface area contributed by atoms with Crippen LogP contribution in [-0.2, 0) is 6.54 Å². The van der Waals surface area contributed by atoms with E-state index >= 15 is 0 Å². The molecule has 0 bridgehead atoms. The highest BCUT2D eigenvalue weighted by Crippen LogP contribution is 2.20. The minimum Gasteiger partial charge on any atom is -0.476 e. The summed E-state index contributed by atoms with van der Waals surface area (Å²) in [7, 11) is 0. The number of carboxylic acids is 1. The molecule has 0 atom stereocenters. The molecule has 2 heterocycles. The topological polar surface area (TPSA) is 98.2 Å². The fourth-order valence-corrected chi connectivity index (χ4v) is 1.88. The zero-order chi connectivity index (χ0) is 15.1. The maximum absolute atomic E-state index is 12.2. The van der Waals surface area contributed by atoms with Crippen LogP contribution in [0.3, 0.4) is 0 Å². The number of hydrogen-bond donors (Lipinski definition) is 1. The molecule has 108 valence electrons. The van der Waals surface area contributed by atoms with Gasteiger partial charge in [0.15, 0.2) is 11.2 Å². The van der Waals surface area contributed by atoms with Crippen molar-refractivity contribution in [1.29, 1.82) is 0 Å². The maximum atomic E-state index is 12.2.